The highest BCUT2D eigenvalue weighted by Crippen LogP contribution is 2.45. The predicted molar refractivity (Wildman–Crippen MR) is 267 cm³/mol. The number of para-hydroxylation sites is 3. The van der Waals surface area contributed by atoms with Gasteiger partial charge in [-0.25, -0.2) is 15.0 Å². The van der Waals surface area contributed by atoms with Crippen molar-refractivity contribution in [1.82, 2.24) is 24.1 Å². The number of furan rings is 1. The standard InChI is InChI=1S/C59H35N5O/c1-3-17-37(18-4-1)57-60-58(45-26-15-28-49-53(45)43-24-11-13-27-48(43)63(49)40-21-5-2-6-22-40)62-59(61-57)46-32-33-50(54-44-25-12-14-29-52(44)65-56(46)54)64-51-35-39-20-8-7-19-38(39)34-47(51)42-31-30-36-16-9-10-23-41(36)55(42)64/h1-35H. The van der Waals surface area contributed by atoms with Gasteiger partial charge in [0.2, 0.25) is 0 Å². The van der Waals surface area contributed by atoms with Gasteiger partial charge in [0.1, 0.15) is 11.2 Å². The molecular formula is C59H35N5O. The van der Waals surface area contributed by atoms with E-state index in [4.69, 9.17) is 19.4 Å². The first-order valence-electron chi connectivity index (χ1n) is 21.9. The SMILES string of the molecule is c1ccc(-c2nc(-c3ccc(-n4c5cc6ccccc6cc5c5ccc6ccccc6c54)c4c3oc3ccccc34)nc(-c3cccc4c3c3ccccc3n4-c3ccccc3)n2)cc1. The fourth-order valence-corrected chi connectivity index (χ4v) is 10.3. The Labute approximate surface area is 371 Å². The number of hydrogen-bond donors (Lipinski definition) is 0. The molecule has 0 saturated carbocycles. The van der Waals surface area contributed by atoms with Crippen LogP contribution in [0, 0.1) is 0 Å². The largest absolute Gasteiger partial charge is 0.455 e. The van der Waals surface area contributed by atoms with Crippen LogP contribution in [0.5, 0.6) is 0 Å². The Morgan fingerprint density at radius 2 is 1.00 bits per heavy atom. The van der Waals surface area contributed by atoms with E-state index >= 15 is 0 Å². The number of benzene rings is 10. The summed E-state index contributed by atoms with van der Waals surface area (Å²) in [5.74, 6) is 1.71. The fraction of sp³-hybridized carbons (Fsp3) is 0. The van der Waals surface area contributed by atoms with Crippen LogP contribution in [0.3, 0.4) is 0 Å². The molecule has 302 valence electrons. The van der Waals surface area contributed by atoms with Gasteiger partial charge in [0.05, 0.1) is 38.7 Å². The van der Waals surface area contributed by atoms with Crippen molar-refractivity contribution in [3.05, 3.63) is 212 Å². The van der Waals surface area contributed by atoms with Crippen molar-refractivity contribution in [2.45, 2.75) is 0 Å². The van der Waals surface area contributed by atoms with Gasteiger partial charge in [0, 0.05) is 49.1 Å². The molecule has 6 nitrogen and oxygen atoms in total. The Kier molecular flexibility index (Phi) is 7.59. The number of hydrogen-bond acceptors (Lipinski definition) is 4. The molecule has 0 radical (unpaired) electrons. The van der Waals surface area contributed by atoms with E-state index in [0.29, 0.717) is 17.5 Å². The van der Waals surface area contributed by atoms with Crippen LogP contribution in [-0.2, 0) is 0 Å². The minimum Gasteiger partial charge on any atom is -0.455 e. The smallest absolute Gasteiger partial charge is 0.167 e. The van der Waals surface area contributed by atoms with Gasteiger partial charge in [-0.1, -0.05) is 158 Å². The Morgan fingerprint density at radius 1 is 0.354 bits per heavy atom. The van der Waals surface area contributed by atoms with E-state index in [1.54, 1.807) is 0 Å². The van der Waals surface area contributed by atoms with Crippen LogP contribution < -0.4 is 0 Å². The molecule has 4 aromatic heterocycles. The maximum atomic E-state index is 7.01. The minimum atomic E-state index is 0.534. The predicted octanol–water partition coefficient (Wildman–Crippen LogP) is 15.3. The average molecular weight is 830 g/mol. The zero-order chi connectivity index (χ0) is 42.6. The molecule has 65 heavy (non-hydrogen) atoms. The molecule has 0 aliphatic rings. The molecule has 0 atom stereocenters. The Balaban J connectivity index is 1.07. The van der Waals surface area contributed by atoms with E-state index in [1.807, 2.05) is 24.3 Å². The van der Waals surface area contributed by atoms with E-state index in [1.165, 1.54) is 32.3 Å². The van der Waals surface area contributed by atoms with Crippen LogP contribution in [0.1, 0.15) is 0 Å². The summed E-state index contributed by atoms with van der Waals surface area (Å²) in [5, 5.41) is 11.4. The molecule has 10 aromatic carbocycles. The van der Waals surface area contributed by atoms with Crippen LogP contribution in [0.4, 0.5) is 0 Å². The van der Waals surface area contributed by atoms with E-state index in [0.717, 1.165) is 82.8 Å². The van der Waals surface area contributed by atoms with Crippen LogP contribution in [0.15, 0.2) is 217 Å². The third-order valence-corrected chi connectivity index (χ3v) is 13.1. The molecule has 14 aromatic rings. The lowest BCUT2D eigenvalue weighted by Crippen LogP contribution is -2.02. The zero-order valence-corrected chi connectivity index (χ0v) is 34.9. The Bertz CT molecular complexity index is 4240. The highest BCUT2D eigenvalue weighted by atomic mass is 16.3. The maximum Gasteiger partial charge on any atom is 0.167 e. The molecule has 0 saturated heterocycles. The van der Waals surface area contributed by atoms with E-state index in [-0.39, 0.29) is 0 Å². The lowest BCUT2D eigenvalue weighted by molar-refractivity contribution is 0.669. The summed E-state index contributed by atoms with van der Waals surface area (Å²) >= 11 is 0. The molecule has 0 aliphatic heterocycles. The minimum absolute atomic E-state index is 0.534. The molecule has 6 heteroatoms. The third-order valence-electron chi connectivity index (χ3n) is 13.1. The molecule has 4 heterocycles. The van der Waals surface area contributed by atoms with Gasteiger partial charge in [-0.2, -0.15) is 0 Å². The highest BCUT2D eigenvalue weighted by Gasteiger charge is 2.25. The number of rotatable bonds is 5. The summed E-state index contributed by atoms with van der Waals surface area (Å²) in [5.41, 5.74) is 10.7. The molecule has 0 amide bonds. The summed E-state index contributed by atoms with van der Waals surface area (Å²) in [7, 11) is 0. The van der Waals surface area contributed by atoms with Crippen LogP contribution in [0.2, 0.25) is 0 Å². The summed E-state index contributed by atoms with van der Waals surface area (Å²) in [6.45, 7) is 0. The number of nitrogens with zero attached hydrogens (tertiary/aromatic N) is 5. The molecule has 0 bridgehead atoms. The van der Waals surface area contributed by atoms with Gasteiger partial charge in [0.15, 0.2) is 17.5 Å². The van der Waals surface area contributed by atoms with Crippen molar-refractivity contribution in [1.29, 1.82) is 0 Å². The maximum absolute atomic E-state index is 7.01. The lowest BCUT2D eigenvalue weighted by atomic mass is 10.0. The van der Waals surface area contributed by atoms with Crippen LogP contribution >= 0.6 is 0 Å². The van der Waals surface area contributed by atoms with Crippen molar-refractivity contribution in [2.24, 2.45) is 0 Å². The second kappa shape index (κ2) is 13.8. The fourth-order valence-electron chi connectivity index (χ4n) is 10.3. The van der Waals surface area contributed by atoms with Gasteiger partial charge in [-0.15, -0.1) is 0 Å². The topological polar surface area (TPSA) is 61.7 Å². The monoisotopic (exact) mass is 829 g/mol. The van der Waals surface area contributed by atoms with Crippen molar-refractivity contribution in [3.8, 4) is 45.5 Å². The first-order chi connectivity index (χ1) is 32.2. The summed E-state index contributed by atoms with van der Waals surface area (Å²) in [4.78, 5) is 16.0. The van der Waals surface area contributed by atoms with Crippen molar-refractivity contribution < 1.29 is 4.42 Å². The highest BCUT2D eigenvalue weighted by molar-refractivity contribution is 6.23. The van der Waals surface area contributed by atoms with Crippen molar-refractivity contribution in [2.75, 3.05) is 0 Å². The van der Waals surface area contributed by atoms with E-state index in [9.17, 15) is 0 Å². The summed E-state index contributed by atoms with van der Waals surface area (Å²) < 4.78 is 11.8. The van der Waals surface area contributed by atoms with Gasteiger partial charge in [0.25, 0.3) is 0 Å². The summed E-state index contributed by atoms with van der Waals surface area (Å²) in [6, 6.07) is 74.9. The second-order valence-corrected chi connectivity index (χ2v) is 16.7. The first kappa shape index (κ1) is 35.7. The van der Waals surface area contributed by atoms with Gasteiger partial charge in [-0.05, 0) is 70.8 Å². The Morgan fingerprint density at radius 3 is 1.83 bits per heavy atom. The van der Waals surface area contributed by atoms with Crippen LogP contribution in [-0.4, -0.2) is 24.1 Å². The second-order valence-electron chi connectivity index (χ2n) is 16.7. The number of aromatic nitrogens is 5. The Hall–Kier alpha value is -8.87. The van der Waals surface area contributed by atoms with Gasteiger partial charge < -0.3 is 13.6 Å². The van der Waals surface area contributed by atoms with Gasteiger partial charge in [-0.3, -0.25) is 0 Å². The number of fused-ring (bicyclic) bond motifs is 12. The molecule has 14 rings (SSSR count). The lowest BCUT2D eigenvalue weighted by Gasteiger charge is -2.14. The van der Waals surface area contributed by atoms with E-state index < -0.39 is 0 Å². The van der Waals surface area contributed by atoms with Crippen LogP contribution in [0.25, 0.3) is 133 Å². The van der Waals surface area contributed by atoms with Crippen molar-refractivity contribution in [3.63, 3.8) is 0 Å². The van der Waals surface area contributed by atoms with E-state index in [2.05, 4.69) is 197 Å². The molecule has 0 unspecified atom stereocenters. The third kappa shape index (κ3) is 5.31. The molecule has 0 fully saturated rings. The average Bonchev–Trinajstić information content (AvgIpc) is 4.04. The van der Waals surface area contributed by atoms with Gasteiger partial charge >= 0.3 is 0 Å². The molecule has 0 N–H and O–H groups in total. The quantitative estimate of drug-likeness (QED) is 0.173. The normalized spacial score (nSPS) is 12.0. The first-order valence-corrected chi connectivity index (χ1v) is 21.9. The molecular weight excluding hydrogens is 795 g/mol. The molecule has 0 aliphatic carbocycles. The molecule has 0 spiro atoms. The zero-order valence-electron chi connectivity index (χ0n) is 34.9. The summed E-state index contributed by atoms with van der Waals surface area (Å²) in [6.07, 6.45) is 0. The van der Waals surface area contributed by atoms with Crippen molar-refractivity contribution >= 4 is 87.1 Å².